The molecule has 0 N–H and O–H groups in total. The molecule has 17 heavy (non-hydrogen) atoms. The van der Waals surface area contributed by atoms with Crippen LogP contribution in [0.25, 0.3) is 0 Å². The van der Waals surface area contributed by atoms with E-state index in [1.807, 2.05) is 0 Å². The second-order valence-corrected chi connectivity index (χ2v) is 18.5. The molecule has 0 radical (unpaired) electrons. The maximum Gasteiger partial charge on any atom is 0.312 e. The summed E-state index contributed by atoms with van der Waals surface area (Å²) in [6.45, 7) is 22.2. The Morgan fingerprint density at radius 2 is 1.18 bits per heavy atom. The SMILES string of the molecule is CCN(CC)[Si](C)(C)O[Si](C)(C)O[Si](C)(C)C. The predicted octanol–water partition coefficient (Wildman–Crippen LogP) is 3.60. The van der Waals surface area contributed by atoms with Crippen molar-refractivity contribution in [2.24, 2.45) is 0 Å². The summed E-state index contributed by atoms with van der Waals surface area (Å²) in [7, 11) is -5.27. The van der Waals surface area contributed by atoms with E-state index in [2.05, 4.69) is 64.2 Å². The summed E-state index contributed by atoms with van der Waals surface area (Å²) >= 11 is 0. The van der Waals surface area contributed by atoms with Gasteiger partial charge < -0.3 is 12.8 Å². The lowest BCUT2D eigenvalue weighted by Crippen LogP contribution is -2.59. The van der Waals surface area contributed by atoms with Crippen LogP contribution in [-0.2, 0) is 8.23 Å². The van der Waals surface area contributed by atoms with Crippen LogP contribution in [0.1, 0.15) is 13.8 Å². The van der Waals surface area contributed by atoms with Crippen molar-refractivity contribution in [2.75, 3.05) is 13.1 Å². The first-order valence-electron chi connectivity index (χ1n) is 6.59. The van der Waals surface area contributed by atoms with Crippen LogP contribution in [0.15, 0.2) is 0 Å². The van der Waals surface area contributed by atoms with Gasteiger partial charge in [0.1, 0.15) is 0 Å². The van der Waals surface area contributed by atoms with Gasteiger partial charge in [0.15, 0.2) is 8.32 Å². The van der Waals surface area contributed by atoms with Crippen molar-refractivity contribution in [1.82, 2.24) is 4.57 Å². The number of rotatable bonds is 7. The number of hydrogen-bond donors (Lipinski definition) is 0. The molecule has 0 saturated heterocycles. The van der Waals surface area contributed by atoms with Gasteiger partial charge in [0.25, 0.3) is 8.48 Å². The third-order valence-electron chi connectivity index (χ3n) is 2.57. The van der Waals surface area contributed by atoms with Gasteiger partial charge >= 0.3 is 8.56 Å². The van der Waals surface area contributed by atoms with E-state index < -0.39 is 25.4 Å². The fourth-order valence-corrected chi connectivity index (χ4v) is 15.7. The lowest BCUT2D eigenvalue weighted by atomic mass is 10.7. The summed E-state index contributed by atoms with van der Waals surface area (Å²) in [4.78, 5) is 0. The van der Waals surface area contributed by atoms with Crippen LogP contribution in [0.3, 0.4) is 0 Å². The molecule has 0 spiro atoms. The lowest BCUT2D eigenvalue weighted by molar-refractivity contribution is 0.326. The molecule has 6 heteroatoms. The smallest absolute Gasteiger partial charge is 0.312 e. The Morgan fingerprint density at radius 3 is 1.47 bits per heavy atom. The molecular formula is C11H31NO2Si3. The van der Waals surface area contributed by atoms with Gasteiger partial charge in [0.2, 0.25) is 0 Å². The first-order valence-corrected chi connectivity index (χ1v) is 15.7. The maximum absolute atomic E-state index is 6.46. The van der Waals surface area contributed by atoms with Gasteiger partial charge in [0.05, 0.1) is 0 Å². The Morgan fingerprint density at radius 1 is 0.765 bits per heavy atom. The number of hydrogen-bond acceptors (Lipinski definition) is 3. The Bertz CT molecular complexity index is 235. The minimum atomic E-state index is -1.99. The molecule has 0 fully saturated rings. The van der Waals surface area contributed by atoms with E-state index in [-0.39, 0.29) is 0 Å². The summed E-state index contributed by atoms with van der Waals surface area (Å²) in [6, 6.07) is 0. The maximum atomic E-state index is 6.46. The van der Waals surface area contributed by atoms with Crippen LogP contribution in [0.4, 0.5) is 0 Å². The molecular weight excluding hydrogens is 262 g/mol. The normalized spacial score (nSPS) is 14.5. The van der Waals surface area contributed by atoms with Crippen molar-refractivity contribution in [1.29, 1.82) is 0 Å². The van der Waals surface area contributed by atoms with Crippen molar-refractivity contribution >= 4 is 25.4 Å². The fraction of sp³-hybridized carbons (Fsp3) is 1.00. The van der Waals surface area contributed by atoms with E-state index >= 15 is 0 Å². The van der Waals surface area contributed by atoms with Crippen molar-refractivity contribution in [3.63, 3.8) is 0 Å². The van der Waals surface area contributed by atoms with Crippen LogP contribution in [0.2, 0.25) is 45.8 Å². The molecule has 3 nitrogen and oxygen atoms in total. The molecule has 0 amide bonds. The van der Waals surface area contributed by atoms with Crippen molar-refractivity contribution < 1.29 is 8.23 Å². The van der Waals surface area contributed by atoms with Gasteiger partial charge in [-0.3, -0.25) is 0 Å². The summed E-state index contributed by atoms with van der Waals surface area (Å²) < 4.78 is 15.2. The van der Waals surface area contributed by atoms with Gasteiger partial charge in [-0.2, -0.15) is 0 Å². The standard InChI is InChI=1S/C11H31NO2Si3/c1-10-12(11-2)16(6,7)14-17(8,9)13-15(3,4)5/h10-11H2,1-9H3. The van der Waals surface area contributed by atoms with E-state index in [0.29, 0.717) is 0 Å². The highest BCUT2D eigenvalue weighted by Crippen LogP contribution is 2.22. The molecule has 0 rings (SSSR count). The lowest BCUT2D eigenvalue weighted by Gasteiger charge is -2.42. The van der Waals surface area contributed by atoms with E-state index in [4.69, 9.17) is 8.23 Å². The van der Waals surface area contributed by atoms with Gasteiger partial charge in [-0.25, -0.2) is 0 Å². The molecule has 0 aromatic heterocycles. The Labute approximate surface area is 111 Å². The van der Waals surface area contributed by atoms with Gasteiger partial charge in [-0.1, -0.05) is 13.8 Å². The molecule has 0 aliphatic rings. The highest BCUT2D eigenvalue weighted by Gasteiger charge is 2.40. The van der Waals surface area contributed by atoms with Crippen LogP contribution >= 0.6 is 0 Å². The summed E-state index contributed by atoms with van der Waals surface area (Å²) in [5, 5.41) is 0. The average Bonchev–Trinajstić information content (AvgIpc) is 1.97. The van der Waals surface area contributed by atoms with Crippen molar-refractivity contribution in [3.8, 4) is 0 Å². The van der Waals surface area contributed by atoms with Gasteiger partial charge in [0, 0.05) is 0 Å². The molecule has 104 valence electrons. The minimum Gasteiger partial charge on any atom is -0.437 e. The molecule has 0 bridgehead atoms. The first kappa shape index (κ1) is 17.5. The molecule has 0 aromatic rings. The molecule has 0 atom stereocenters. The highest BCUT2D eigenvalue weighted by molar-refractivity contribution is 6.86. The fourth-order valence-electron chi connectivity index (χ4n) is 2.41. The van der Waals surface area contributed by atoms with E-state index in [1.165, 1.54) is 0 Å². The second kappa shape index (κ2) is 6.12. The Kier molecular flexibility index (Phi) is 6.31. The van der Waals surface area contributed by atoms with Crippen LogP contribution in [-0.4, -0.2) is 43.0 Å². The predicted molar refractivity (Wildman–Crippen MR) is 83.4 cm³/mol. The topological polar surface area (TPSA) is 21.7 Å². The minimum absolute atomic E-state index is 1.06. The first-order chi connectivity index (χ1) is 7.43. The molecule has 0 aliphatic heterocycles. The van der Waals surface area contributed by atoms with E-state index in [9.17, 15) is 0 Å². The highest BCUT2D eigenvalue weighted by atomic mass is 28.5. The van der Waals surface area contributed by atoms with Crippen molar-refractivity contribution in [2.45, 2.75) is 59.7 Å². The van der Waals surface area contributed by atoms with Gasteiger partial charge in [-0.05, 0) is 58.9 Å². The third-order valence-corrected chi connectivity index (χ3v) is 13.1. The molecule has 0 unspecified atom stereocenters. The van der Waals surface area contributed by atoms with Gasteiger partial charge in [-0.15, -0.1) is 0 Å². The zero-order chi connectivity index (χ0) is 13.9. The van der Waals surface area contributed by atoms with Crippen molar-refractivity contribution in [3.05, 3.63) is 0 Å². The van der Waals surface area contributed by atoms with Crippen LogP contribution in [0.5, 0.6) is 0 Å². The largest absolute Gasteiger partial charge is 0.437 e. The summed E-state index contributed by atoms with van der Waals surface area (Å²) in [5.74, 6) is 0. The van der Waals surface area contributed by atoms with E-state index in [1.54, 1.807) is 0 Å². The zero-order valence-electron chi connectivity index (χ0n) is 13.2. The molecule has 0 saturated carbocycles. The Balaban J connectivity index is 4.68. The summed E-state index contributed by atoms with van der Waals surface area (Å²) in [5.41, 5.74) is 0. The quantitative estimate of drug-likeness (QED) is 0.670. The second-order valence-electron chi connectivity index (χ2n) is 6.34. The third kappa shape index (κ3) is 6.88. The molecule has 0 aromatic carbocycles. The zero-order valence-corrected chi connectivity index (χ0v) is 16.2. The van der Waals surface area contributed by atoms with Crippen LogP contribution < -0.4 is 0 Å². The Hall–Kier alpha value is 0.531. The monoisotopic (exact) mass is 293 g/mol. The van der Waals surface area contributed by atoms with Crippen LogP contribution in [0, 0.1) is 0 Å². The number of nitrogens with zero attached hydrogens (tertiary/aromatic N) is 1. The van der Waals surface area contributed by atoms with E-state index in [0.717, 1.165) is 13.1 Å². The molecule has 0 aliphatic carbocycles. The molecule has 0 heterocycles. The average molecular weight is 294 g/mol. The summed E-state index contributed by atoms with van der Waals surface area (Å²) in [6.07, 6.45) is 0.